The summed E-state index contributed by atoms with van der Waals surface area (Å²) in [6.45, 7) is 0.895. The number of rotatable bonds is 8. The Bertz CT molecular complexity index is 574. The van der Waals surface area contributed by atoms with Crippen LogP contribution in [0.4, 0.5) is 0 Å². The average Bonchev–Trinajstić information content (AvgIpc) is 2.64. The minimum Gasteiger partial charge on any atom is -0.394 e. The van der Waals surface area contributed by atoms with Crippen molar-refractivity contribution in [2.75, 3.05) is 20.2 Å². The Labute approximate surface area is 151 Å². The monoisotopic (exact) mass is 372 g/mol. The molecule has 4 atom stereocenters. The summed E-state index contributed by atoms with van der Waals surface area (Å²) in [7, 11) is 1.56. The van der Waals surface area contributed by atoms with Crippen LogP contribution in [-0.2, 0) is 0 Å². The second-order valence-electron chi connectivity index (χ2n) is 5.51. The Hall–Kier alpha value is -1.69. The zero-order valence-electron chi connectivity index (χ0n) is 14.0. The first-order valence-corrected chi connectivity index (χ1v) is 7.98. The van der Waals surface area contributed by atoms with E-state index < -0.39 is 31.0 Å². The fourth-order valence-electron chi connectivity index (χ4n) is 1.89. The molecule has 0 aliphatic rings. The van der Waals surface area contributed by atoms with E-state index in [0.717, 1.165) is 0 Å². The van der Waals surface area contributed by atoms with Gasteiger partial charge in [0, 0.05) is 19.8 Å². The first kappa shape index (κ1) is 21.4. The van der Waals surface area contributed by atoms with Crippen LogP contribution in [0.1, 0.15) is 12.6 Å². The molecule has 1 heterocycles. The van der Waals surface area contributed by atoms with Gasteiger partial charge < -0.3 is 30.4 Å². The molecule has 6 N–H and O–H groups in total. The van der Waals surface area contributed by atoms with Crippen molar-refractivity contribution in [3.05, 3.63) is 30.1 Å². The molecule has 1 aromatic heterocycles. The second-order valence-corrected chi connectivity index (χ2v) is 5.89. The molecule has 9 nitrogen and oxygen atoms in total. The standard InChI is InChI=1S/C15H24N4O5S/c1-9(10-5-3-4-6-16-10)17-18-15(25)19(2)7-11(21)13(23)14(24)12(22)8-20/h3-6,11-14,20-24H,7-8H2,1-2H3,(H,18,25)/b17-9-. The predicted molar refractivity (Wildman–Crippen MR) is 95.9 cm³/mol. The van der Waals surface area contributed by atoms with Crippen LogP contribution in [-0.4, -0.2) is 90.9 Å². The van der Waals surface area contributed by atoms with Gasteiger partial charge in [-0.25, -0.2) is 0 Å². The topological polar surface area (TPSA) is 142 Å². The Kier molecular flexibility index (Phi) is 8.83. The zero-order chi connectivity index (χ0) is 19.0. The number of pyridine rings is 1. The minimum absolute atomic E-state index is 0.125. The van der Waals surface area contributed by atoms with Crippen LogP contribution in [0.2, 0.25) is 0 Å². The predicted octanol–water partition coefficient (Wildman–Crippen LogP) is -1.95. The summed E-state index contributed by atoms with van der Waals surface area (Å²) in [5.74, 6) is 0. The highest BCUT2D eigenvalue weighted by molar-refractivity contribution is 7.80. The van der Waals surface area contributed by atoms with Crippen molar-refractivity contribution in [2.45, 2.75) is 31.3 Å². The largest absolute Gasteiger partial charge is 0.394 e. The number of aliphatic hydroxyl groups excluding tert-OH is 5. The smallest absolute Gasteiger partial charge is 0.189 e. The molecule has 1 rings (SSSR count). The van der Waals surface area contributed by atoms with Crippen LogP contribution >= 0.6 is 12.2 Å². The number of aliphatic hydroxyl groups is 5. The summed E-state index contributed by atoms with van der Waals surface area (Å²) in [5.41, 5.74) is 3.94. The van der Waals surface area contributed by atoms with Gasteiger partial charge in [0.2, 0.25) is 0 Å². The molecule has 0 radical (unpaired) electrons. The van der Waals surface area contributed by atoms with Gasteiger partial charge in [-0.05, 0) is 31.3 Å². The summed E-state index contributed by atoms with van der Waals surface area (Å²) in [6.07, 6.45) is -4.64. The number of thiocarbonyl (C=S) groups is 1. The number of hydrogen-bond donors (Lipinski definition) is 6. The van der Waals surface area contributed by atoms with Crippen LogP contribution in [0.5, 0.6) is 0 Å². The van der Waals surface area contributed by atoms with E-state index in [2.05, 4.69) is 15.5 Å². The average molecular weight is 372 g/mol. The SMILES string of the molecule is C/C(=N/NC(=S)N(C)CC(O)C(O)C(O)C(O)CO)c1ccccn1. The van der Waals surface area contributed by atoms with E-state index in [1.54, 1.807) is 32.3 Å². The third-order valence-electron chi connectivity index (χ3n) is 3.49. The fraction of sp³-hybridized carbons (Fsp3) is 0.533. The van der Waals surface area contributed by atoms with E-state index in [1.165, 1.54) is 4.90 Å². The van der Waals surface area contributed by atoms with Crippen LogP contribution < -0.4 is 5.43 Å². The van der Waals surface area contributed by atoms with Gasteiger partial charge in [0.05, 0.1) is 18.0 Å². The highest BCUT2D eigenvalue weighted by Crippen LogP contribution is 2.06. The van der Waals surface area contributed by atoms with Gasteiger partial charge in [-0.3, -0.25) is 10.4 Å². The molecule has 140 valence electrons. The van der Waals surface area contributed by atoms with Crippen LogP contribution in [0, 0.1) is 0 Å². The number of nitrogens with zero attached hydrogens (tertiary/aromatic N) is 3. The highest BCUT2D eigenvalue weighted by Gasteiger charge is 2.30. The van der Waals surface area contributed by atoms with Gasteiger partial charge in [0.25, 0.3) is 0 Å². The molecule has 4 unspecified atom stereocenters. The van der Waals surface area contributed by atoms with Crippen molar-refractivity contribution < 1.29 is 25.5 Å². The van der Waals surface area contributed by atoms with E-state index in [9.17, 15) is 20.4 Å². The van der Waals surface area contributed by atoms with Gasteiger partial charge in [-0.15, -0.1) is 0 Å². The van der Waals surface area contributed by atoms with Crippen LogP contribution in [0.15, 0.2) is 29.5 Å². The van der Waals surface area contributed by atoms with Crippen molar-refractivity contribution in [1.29, 1.82) is 0 Å². The lowest BCUT2D eigenvalue weighted by molar-refractivity contribution is -0.116. The quantitative estimate of drug-likeness (QED) is 0.174. The minimum atomic E-state index is -1.68. The van der Waals surface area contributed by atoms with Crippen molar-refractivity contribution in [3.63, 3.8) is 0 Å². The number of nitrogens with one attached hydrogen (secondary N) is 1. The summed E-state index contributed by atoms with van der Waals surface area (Å²) >= 11 is 5.13. The van der Waals surface area contributed by atoms with Crippen LogP contribution in [0.3, 0.4) is 0 Å². The van der Waals surface area contributed by atoms with Gasteiger partial charge in [-0.1, -0.05) is 6.07 Å². The highest BCUT2D eigenvalue weighted by atomic mass is 32.1. The molecule has 0 aliphatic carbocycles. The molecule has 0 bridgehead atoms. The van der Waals surface area contributed by atoms with E-state index in [-0.39, 0.29) is 11.7 Å². The van der Waals surface area contributed by atoms with Gasteiger partial charge >= 0.3 is 0 Å². The lowest BCUT2D eigenvalue weighted by Crippen LogP contribution is -2.50. The maximum absolute atomic E-state index is 9.93. The molecule has 0 aliphatic heterocycles. The van der Waals surface area contributed by atoms with E-state index in [4.69, 9.17) is 17.3 Å². The van der Waals surface area contributed by atoms with E-state index in [0.29, 0.717) is 11.4 Å². The lowest BCUT2D eigenvalue weighted by atomic mass is 10.0. The third kappa shape index (κ3) is 6.61. The van der Waals surface area contributed by atoms with Crippen molar-refractivity contribution in [1.82, 2.24) is 15.3 Å². The summed E-state index contributed by atoms with van der Waals surface area (Å²) in [4.78, 5) is 5.56. The van der Waals surface area contributed by atoms with E-state index >= 15 is 0 Å². The number of hydrogen-bond acceptors (Lipinski definition) is 8. The molecule has 0 spiro atoms. The number of aromatic nitrogens is 1. The molecule has 0 aromatic carbocycles. The van der Waals surface area contributed by atoms with Crippen LogP contribution in [0.25, 0.3) is 0 Å². The summed E-state index contributed by atoms with van der Waals surface area (Å²) in [5, 5.41) is 51.6. The van der Waals surface area contributed by atoms with Crippen molar-refractivity contribution >= 4 is 23.0 Å². The molecule has 0 saturated heterocycles. The molecule has 0 fully saturated rings. The maximum atomic E-state index is 9.93. The molecule has 0 amide bonds. The Morgan fingerprint density at radius 1 is 1.24 bits per heavy atom. The maximum Gasteiger partial charge on any atom is 0.189 e. The summed E-state index contributed by atoms with van der Waals surface area (Å²) in [6, 6.07) is 5.41. The normalized spacial score (nSPS) is 16.7. The van der Waals surface area contributed by atoms with Gasteiger partial charge in [0.15, 0.2) is 5.11 Å². The third-order valence-corrected chi connectivity index (χ3v) is 3.89. The Morgan fingerprint density at radius 2 is 1.88 bits per heavy atom. The van der Waals surface area contributed by atoms with Gasteiger partial charge in [-0.2, -0.15) is 5.10 Å². The molecule has 10 heteroatoms. The second kappa shape index (κ2) is 10.3. The molecular weight excluding hydrogens is 348 g/mol. The summed E-state index contributed by atoms with van der Waals surface area (Å²) < 4.78 is 0. The van der Waals surface area contributed by atoms with E-state index in [1.807, 2.05) is 6.07 Å². The lowest BCUT2D eigenvalue weighted by Gasteiger charge is -2.29. The Morgan fingerprint density at radius 3 is 2.44 bits per heavy atom. The zero-order valence-corrected chi connectivity index (χ0v) is 14.8. The van der Waals surface area contributed by atoms with Crippen molar-refractivity contribution in [2.24, 2.45) is 5.10 Å². The molecule has 25 heavy (non-hydrogen) atoms. The van der Waals surface area contributed by atoms with Crippen molar-refractivity contribution in [3.8, 4) is 0 Å². The molecule has 1 aromatic rings. The number of hydrazone groups is 1. The fourth-order valence-corrected chi connectivity index (χ4v) is 2.01. The molecule has 0 saturated carbocycles. The first-order chi connectivity index (χ1) is 11.8. The molecular formula is C15H24N4O5S. The number of likely N-dealkylation sites (N-methyl/N-ethyl adjacent to an activating group) is 1. The first-order valence-electron chi connectivity index (χ1n) is 7.57. The Balaban J connectivity index is 2.56. The van der Waals surface area contributed by atoms with Gasteiger partial charge in [0.1, 0.15) is 24.4 Å².